The molecule has 5 rings (SSSR count). The minimum atomic E-state index is -0.0648. The molecule has 34 heavy (non-hydrogen) atoms. The third-order valence-electron chi connectivity index (χ3n) is 7.49. The van der Waals surface area contributed by atoms with Crippen LogP contribution in [0.1, 0.15) is 58.4 Å². The Balaban J connectivity index is 1.22. The van der Waals surface area contributed by atoms with E-state index in [1.54, 1.807) is 13.3 Å². The number of aromatic nitrogens is 1. The first-order valence-electron chi connectivity index (χ1n) is 12.2. The standard InChI is InChI=1S/C26H33N5O3/c1-16-22(4-3-5-23(16)34-2)26(33)30-19-12-20-7-8-21(13-19)31(20)24-9-6-17(14-28-24)25(32)29-18-10-11-27-15-18/h3-6,9,14,18-21,27H,7-8,10-13,15H2,1-2H3,(H,29,32)(H,30,33)/t18-,19-,20+,21-/m1/s1. The third-order valence-corrected chi connectivity index (χ3v) is 7.49. The topological polar surface area (TPSA) is 95.6 Å². The summed E-state index contributed by atoms with van der Waals surface area (Å²) in [6, 6.07) is 10.4. The lowest BCUT2D eigenvalue weighted by Gasteiger charge is -2.40. The number of anilines is 1. The molecule has 3 N–H and O–H groups in total. The van der Waals surface area contributed by atoms with Crippen LogP contribution in [0.4, 0.5) is 5.82 Å². The number of hydrogen-bond acceptors (Lipinski definition) is 6. The molecule has 2 amide bonds. The summed E-state index contributed by atoms with van der Waals surface area (Å²) in [5.41, 5.74) is 2.12. The number of carbonyl (C=O) groups is 2. The van der Waals surface area contributed by atoms with E-state index in [1.807, 2.05) is 37.3 Å². The molecule has 4 heterocycles. The summed E-state index contributed by atoms with van der Waals surface area (Å²) in [5.74, 6) is 1.54. The van der Waals surface area contributed by atoms with Crippen molar-refractivity contribution in [2.45, 2.75) is 63.2 Å². The van der Waals surface area contributed by atoms with Gasteiger partial charge in [0.2, 0.25) is 0 Å². The normalized spacial score (nSPS) is 25.8. The van der Waals surface area contributed by atoms with Crippen molar-refractivity contribution in [3.63, 3.8) is 0 Å². The predicted molar refractivity (Wildman–Crippen MR) is 130 cm³/mol. The molecule has 4 atom stereocenters. The average molecular weight is 464 g/mol. The van der Waals surface area contributed by atoms with Gasteiger partial charge in [0, 0.05) is 48.0 Å². The van der Waals surface area contributed by atoms with Crippen LogP contribution in [-0.4, -0.2) is 61.2 Å². The molecule has 1 aromatic carbocycles. The number of nitrogens with zero attached hydrogens (tertiary/aromatic N) is 2. The molecule has 3 saturated heterocycles. The fourth-order valence-corrected chi connectivity index (χ4v) is 5.73. The molecule has 0 radical (unpaired) electrons. The zero-order chi connectivity index (χ0) is 23.7. The molecule has 3 aliphatic heterocycles. The van der Waals surface area contributed by atoms with Crippen molar-refractivity contribution >= 4 is 17.6 Å². The Bertz CT molecular complexity index is 1040. The summed E-state index contributed by atoms with van der Waals surface area (Å²) in [7, 11) is 1.62. The van der Waals surface area contributed by atoms with Gasteiger partial charge in [0.1, 0.15) is 11.6 Å². The first-order valence-corrected chi connectivity index (χ1v) is 12.2. The van der Waals surface area contributed by atoms with Crippen LogP contribution in [0.25, 0.3) is 0 Å². The minimum Gasteiger partial charge on any atom is -0.496 e. The number of nitrogens with one attached hydrogen (secondary N) is 3. The van der Waals surface area contributed by atoms with Crippen LogP contribution in [0.3, 0.4) is 0 Å². The van der Waals surface area contributed by atoms with E-state index in [1.165, 1.54) is 0 Å². The Labute approximate surface area is 200 Å². The Morgan fingerprint density at radius 1 is 1.03 bits per heavy atom. The summed E-state index contributed by atoms with van der Waals surface area (Å²) >= 11 is 0. The maximum absolute atomic E-state index is 13.0. The summed E-state index contributed by atoms with van der Waals surface area (Å²) in [5, 5.41) is 9.59. The van der Waals surface area contributed by atoms with Crippen LogP contribution in [0.2, 0.25) is 0 Å². The number of amides is 2. The highest BCUT2D eigenvalue weighted by Crippen LogP contribution is 2.38. The van der Waals surface area contributed by atoms with E-state index < -0.39 is 0 Å². The number of ether oxygens (including phenoxy) is 1. The number of hydrogen-bond donors (Lipinski definition) is 3. The number of fused-ring (bicyclic) bond motifs is 2. The first kappa shape index (κ1) is 22.7. The highest BCUT2D eigenvalue weighted by Gasteiger charge is 2.42. The molecule has 3 aliphatic rings. The van der Waals surface area contributed by atoms with Crippen LogP contribution in [0.5, 0.6) is 5.75 Å². The minimum absolute atomic E-state index is 0.0415. The molecular formula is C26H33N5O3. The van der Waals surface area contributed by atoms with E-state index in [4.69, 9.17) is 4.74 Å². The number of piperidine rings is 1. The summed E-state index contributed by atoms with van der Waals surface area (Å²) in [4.78, 5) is 32.5. The van der Waals surface area contributed by atoms with Gasteiger partial charge in [0.25, 0.3) is 11.8 Å². The van der Waals surface area contributed by atoms with Gasteiger partial charge in [-0.15, -0.1) is 0 Å². The maximum atomic E-state index is 13.0. The zero-order valence-corrected chi connectivity index (χ0v) is 19.8. The van der Waals surface area contributed by atoms with E-state index in [0.717, 1.165) is 62.3 Å². The van der Waals surface area contributed by atoms with Gasteiger partial charge in [-0.2, -0.15) is 0 Å². The molecule has 0 aliphatic carbocycles. The number of carbonyl (C=O) groups excluding carboxylic acids is 2. The Kier molecular flexibility index (Phi) is 6.41. The SMILES string of the molecule is COc1cccc(C(=O)N[C@H]2C[C@H]3CC[C@@H](C2)N3c2ccc(C(=O)N[C@@H]3CCNC3)cn2)c1C. The smallest absolute Gasteiger partial charge is 0.253 e. The lowest BCUT2D eigenvalue weighted by molar-refractivity contribution is 0.0922. The van der Waals surface area contributed by atoms with Crippen molar-refractivity contribution in [3.8, 4) is 5.75 Å². The fourth-order valence-electron chi connectivity index (χ4n) is 5.73. The van der Waals surface area contributed by atoms with E-state index in [0.29, 0.717) is 23.2 Å². The quantitative estimate of drug-likeness (QED) is 0.609. The predicted octanol–water partition coefficient (Wildman–Crippen LogP) is 2.42. The van der Waals surface area contributed by atoms with Gasteiger partial charge >= 0.3 is 0 Å². The zero-order valence-electron chi connectivity index (χ0n) is 19.8. The van der Waals surface area contributed by atoms with Gasteiger partial charge in [-0.1, -0.05) is 6.07 Å². The molecular weight excluding hydrogens is 430 g/mol. The van der Waals surface area contributed by atoms with Gasteiger partial charge in [-0.3, -0.25) is 9.59 Å². The summed E-state index contributed by atoms with van der Waals surface area (Å²) < 4.78 is 5.37. The van der Waals surface area contributed by atoms with Crippen LogP contribution in [0, 0.1) is 6.92 Å². The number of benzene rings is 1. The molecule has 3 fully saturated rings. The second-order valence-electron chi connectivity index (χ2n) is 9.64. The van der Waals surface area contributed by atoms with E-state index in [-0.39, 0.29) is 23.9 Å². The average Bonchev–Trinajstić information content (AvgIpc) is 3.44. The van der Waals surface area contributed by atoms with Crippen molar-refractivity contribution in [3.05, 3.63) is 53.2 Å². The second-order valence-corrected chi connectivity index (χ2v) is 9.64. The van der Waals surface area contributed by atoms with Crippen LogP contribution >= 0.6 is 0 Å². The number of rotatable bonds is 6. The second kappa shape index (κ2) is 9.62. The van der Waals surface area contributed by atoms with Gasteiger partial charge in [-0.25, -0.2) is 4.98 Å². The number of methoxy groups -OCH3 is 1. The number of pyridine rings is 1. The molecule has 0 unspecified atom stereocenters. The first-order chi connectivity index (χ1) is 16.5. The molecule has 1 aromatic heterocycles. The molecule has 8 nitrogen and oxygen atoms in total. The highest BCUT2D eigenvalue weighted by molar-refractivity contribution is 5.96. The van der Waals surface area contributed by atoms with Crippen molar-refractivity contribution in [1.29, 1.82) is 0 Å². The molecule has 2 aromatic rings. The molecule has 8 heteroatoms. The highest BCUT2D eigenvalue weighted by atomic mass is 16.5. The summed E-state index contributed by atoms with van der Waals surface area (Å²) in [6.45, 7) is 3.68. The van der Waals surface area contributed by atoms with Gasteiger partial charge < -0.3 is 25.6 Å². The largest absolute Gasteiger partial charge is 0.496 e. The van der Waals surface area contributed by atoms with E-state index in [9.17, 15) is 9.59 Å². The Morgan fingerprint density at radius 2 is 1.79 bits per heavy atom. The maximum Gasteiger partial charge on any atom is 0.253 e. The van der Waals surface area contributed by atoms with Crippen molar-refractivity contribution in [2.24, 2.45) is 0 Å². The lowest BCUT2D eigenvalue weighted by atomic mass is 9.96. The monoisotopic (exact) mass is 463 g/mol. The van der Waals surface area contributed by atoms with Gasteiger partial charge in [0.15, 0.2) is 0 Å². The molecule has 0 spiro atoms. The van der Waals surface area contributed by atoms with Crippen LogP contribution in [0.15, 0.2) is 36.5 Å². The molecule has 2 bridgehead atoms. The summed E-state index contributed by atoms with van der Waals surface area (Å²) in [6.07, 6.45) is 6.62. The van der Waals surface area contributed by atoms with Crippen LogP contribution < -0.4 is 25.6 Å². The van der Waals surface area contributed by atoms with E-state index in [2.05, 4.69) is 25.8 Å². The Morgan fingerprint density at radius 3 is 2.44 bits per heavy atom. The Hall–Kier alpha value is -3.13. The van der Waals surface area contributed by atoms with Crippen LogP contribution in [-0.2, 0) is 0 Å². The van der Waals surface area contributed by atoms with Gasteiger partial charge in [0.05, 0.1) is 12.7 Å². The fraction of sp³-hybridized carbons (Fsp3) is 0.500. The molecule has 0 saturated carbocycles. The van der Waals surface area contributed by atoms with Gasteiger partial charge in [-0.05, 0) is 69.8 Å². The van der Waals surface area contributed by atoms with Crippen molar-refractivity contribution in [1.82, 2.24) is 20.9 Å². The van der Waals surface area contributed by atoms with Crippen molar-refractivity contribution < 1.29 is 14.3 Å². The van der Waals surface area contributed by atoms with Crippen molar-refractivity contribution in [2.75, 3.05) is 25.1 Å². The third kappa shape index (κ3) is 4.46. The molecule has 180 valence electrons. The lowest BCUT2D eigenvalue weighted by Crippen LogP contribution is -2.50. The van der Waals surface area contributed by atoms with E-state index >= 15 is 0 Å².